The summed E-state index contributed by atoms with van der Waals surface area (Å²) < 4.78 is 13.6. The molecule has 0 spiro atoms. The molecule has 1 aromatic carbocycles. The lowest BCUT2D eigenvalue weighted by Crippen LogP contribution is -2.34. The molecule has 1 aromatic rings. The molecular formula is C10H10BrFN2OS. The standard InChI is InChI=1S/C10H10BrFN2OS/c1-14(5-9(13)16)10(15)6-2-7(11)4-8(12)3-6/h2-4H,5H2,1H3,(H2,13,16). The highest BCUT2D eigenvalue weighted by Crippen LogP contribution is 2.16. The number of halogens is 2. The van der Waals surface area contributed by atoms with Crippen LogP contribution in [0.15, 0.2) is 22.7 Å². The lowest BCUT2D eigenvalue weighted by molar-refractivity contribution is 0.0814. The van der Waals surface area contributed by atoms with Gasteiger partial charge in [0.15, 0.2) is 0 Å². The SMILES string of the molecule is CN(CC(N)=S)C(=O)c1cc(F)cc(Br)c1. The number of benzene rings is 1. The lowest BCUT2D eigenvalue weighted by atomic mass is 10.2. The molecule has 0 bridgehead atoms. The zero-order valence-electron chi connectivity index (χ0n) is 8.54. The maximum absolute atomic E-state index is 13.1. The summed E-state index contributed by atoms with van der Waals surface area (Å²) in [5.41, 5.74) is 5.58. The summed E-state index contributed by atoms with van der Waals surface area (Å²) in [5.74, 6) is -0.797. The molecular weight excluding hydrogens is 295 g/mol. The second-order valence-corrected chi connectivity index (χ2v) is 4.73. The summed E-state index contributed by atoms with van der Waals surface area (Å²) in [5, 5.41) is 0. The van der Waals surface area contributed by atoms with Gasteiger partial charge in [0.25, 0.3) is 5.91 Å². The molecule has 0 atom stereocenters. The smallest absolute Gasteiger partial charge is 0.254 e. The Balaban J connectivity index is 2.91. The lowest BCUT2D eigenvalue weighted by Gasteiger charge is -2.16. The van der Waals surface area contributed by atoms with Crippen molar-refractivity contribution < 1.29 is 9.18 Å². The molecule has 0 unspecified atom stereocenters. The zero-order valence-corrected chi connectivity index (χ0v) is 10.9. The number of hydrogen-bond donors (Lipinski definition) is 1. The number of nitrogens with two attached hydrogens (primary N) is 1. The third-order valence-electron chi connectivity index (χ3n) is 1.85. The van der Waals surface area contributed by atoms with Gasteiger partial charge < -0.3 is 10.6 Å². The van der Waals surface area contributed by atoms with Gasteiger partial charge in [-0.25, -0.2) is 4.39 Å². The van der Waals surface area contributed by atoms with Crippen molar-refractivity contribution >= 4 is 39.0 Å². The number of amides is 1. The summed E-state index contributed by atoms with van der Waals surface area (Å²) in [4.78, 5) is 13.4. The average molecular weight is 305 g/mol. The van der Waals surface area contributed by atoms with E-state index in [1.165, 1.54) is 17.0 Å². The molecule has 1 amide bonds. The van der Waals surface area contributed by atoms with Crippen LogP contribution in [0.3, 0.4) is 0 Å². The van der Waals surface area contributed by atoms with Gasteiger partial charge >= 0.3 is 0 Å². The largest absolute Gasteiger partial charge is 0.392 e. The van der Waals surface area contributed by atoms with E-state index in [0.29, 0.717) is 4.47 Å². The van der Waals surface area contributed by atoms with Gasteiger partial charge in [-0.2, -0.15) is 0 Å². The molecule has 86 valence electrons. The van der Waals surface area contributed by atoms with Gasteiger partial charge in [-0.3, -0.25) is 4.79 Å². The second-order valence-electron chi connectivity index (χ2n) is 3.29. The van der Waals surface area contributed by atoms with Crippen molar-refractivity contribution in [3.8, 4) is 0 Å². The Kier molecular flexibility index (Phi) is 4.37. The molecule has 3 nitrogen and oxygen atoms in total. The summed E-state index contributed by atoms with van der Waals surface area (Å²) in [6.45, 7) is 0.169. The van der Waals surface area contributed by atoms with Crippen molar-refractivity contribution in [1.29, 1.82) is 0 Å². The summed E-state index contributed by atoms with van der Waals surface area (Å²) in [6.07, 6.45) is 0. The number of rotatable bonds is 3. The Morgan fingerprint density at radius 2 is 2.19 bits per heavy atom. The highest BCUT2D eigenvalue weighted by Gasteiger charge is 2.13. The predicted molar refractivity (Wildman–Crippen MR) is 67.8 cm³/mol. The van der Waals surface area contributed by atoms with Gasteiger partial charge in [-0.1, -0.05) is 28.1 Å². The van der Waals surface area contributed by atoms with Crippen molar-refractivity contribution in [3.05, 3.63) is 34.1 Å². The van der Waals surface area contributed by atoms with Gasteiger partial charge in [0.2, 0.25) is 0 Å². The van der Waals surface area contributed by atoms with E-state index in [9.17, 15) is 9.18 Å². The fourth-order valence-corrected chi connectivity index (χ4v) is 1.86. The van der Waals surface area contributed by atoms with E-state index in [2.05, 4.69) is 15.9 Å². The van der Waals surface area contributed by atoms with Gasteiger partial charge in [0.05, 0.1) is 11.5 Å². The monoisotopic (exact) mass is 304 g/mol. The van der Waals surface area contributed by atoms with E-state index in [1.54, 1.807) is 13.1 Å². The summed E-state index contributed by atoms with van der Waals surface area (Å²) in [6, 6.07) is 4.00. The van der Waals surface area contributed by atoms with Gasteiger partial charge in [0.1, 0.15) is 5.82 Å². The number of thiocarbonyl (C=S) groups is 1. The first-order valence-corrected chi connectivity index (χ1v) is 5.60. The van der Waals surface area contributed by atoms with E-state index < -0.39 is 5.82 Å². The summed E-state index contributed by atoms with van der Waals surface area (Å²) >= 11 is 7.81. The molecule has 0 fully saturated rings. The van der Waals surface area contributed by atoms with Crippen LogP contribution < -0.4 is 5.73 Å². The van der Waals surface area contributed by atoms with Gasteiger partial charge in [-0.15, -0.1) is 0 Å². The molecule has 0 heterocycles. The van der Waals surface area contributed by atoms with Crippen LogP contribution in [0.25, 0.3) is 0 Å². The Morgan fingerprint density at radius 1 is 1.56 bits per heavy atom. The predicted octanol–water partition coefficient (Wildman–Crippen LogP) is 1.95. The Bertz CT molecular complexity index is 419. The minimum Gasteiger partial charge on any atom is -0.392 e. The Labute approximate surface area is 107 Å². The molecule has 2 N–H and O–H groups in total. The van der Waals surface area contributed by atoms with Crippen molar-refractivity contribution in [2.75, 3.05) is 13.6 Å². The normalized spacial score (nSPS) is 9.94. The van der Waals surface area contributed by atoms with E-state index in [4.69, 9.17) is 18.0 Å². The van der Waals surface area contributed by atoms with Crippen molar-refractivity contribution in [2.45, 2.75) is 0 Å². The number of carbonyl (C=O) groups is 1. The number of likely N-dealkylation sites (N-methyl/N-ethyl adjacent to an activating group) is 1. The molecule has 0 aromatic heterocycles. The minimum atomic E-state index is -0.471. The zero-order chi connectivity index (χ0) is 12.3. The van der Waals surface area contributed by atoms with Crippen LogP contribution >= 0.6 is 28.1 Å². The second kappa shape index (κ2) is 5.36. The first kappa shape index (κ1) is 13.1. The number of nitrogens with zero attached hydrogens (tertiary/aromatic N) is 1. The van der Waals surface area contributed by atoms with Gasteiger partial charge in [-0.05, 0) is 18.2 Å². The van der Waals surface area contributed by atoms with Crippen LogP contribution in [0, 0.1) is 5.82 Å². The van der Waals surface area contributed by atoms with E-state index in [1.807, 2.05) is 0 Å². The van der Waals surface area contributed by atoms with Crippen LogP contribution in [-0.4, -0.2) is 29.4 Å². The molecule has 0 saturated heterocycles. The molecule has 16 heavy (non-hydrogen) atoms. The molecule has 0 radical (unpaired) electrons. The van der Waals surface area contributed by atoms with Crippen molar-refractivity contribution in [3.63, 3.8) is 0 Å². The Morgan fingerprint density at radius 3 is 2.69 bits per heavy atom. The fourth-order valence-electron chi connectivity index (χ4n) is 1.20. The topological polar surface area (TPSA) is 46.3 Å². The first-order chi connectivity index (χ1) is 7.40. The summed E-state index contributed by atoms with van der Waals surface area (Å²) in [7, 11) is 1.56. The third kappa shape index (κ3) is 3.53. The molecule has 0 aliphatic carbocycles. The van der Waals surface area contributed by atoms with Gasteiger partial charge in [0, 0.05) is 17.1 Å². The van der Waals surface area contributed by atoms with Crippen molar-refractivity contribution in [1.82, 2.24) is 4.90 Å². The maximum Gasteiger partial charge on any atom is 0.254 e. The molecule has 0 aliphatic rings. The first-order valence-electron chi connectivity index (χ1n) is 4.40. The van der Waals surface area contributed by atoms with Crippen molar-refractivity contribution in [2.24, 2.45) is 5.73 Å². The fraction of sp³-hybridized carbons (Fsp3) is 0.200. The molecule has 6 heteroatoms. The van der Waals surface area contributed by atoms with Crippen LogP contribution in [0.4, 0.5) is 4.39 Å². The van der Waals surface area contributed by atoms with E-state index in [-0.39, 0.29) is 23.0 Å². The molecule has 0 saturated carbocycles. The van der Waals surface area contributed by atoms with Crippen LogP contribution in [0.1, 0.15) is 10.4 Å². The van der Waals surface area contributed by atoms with E-state index >= 15 is 0 Å². The van der Waals surface area contributed by atoms with Crippen LogP contribution in [0.5, 0.6) is 0 Å². The highest BCUT2D eigenvalue weighted by atomic mass is 79.9. The minimum absolute atomic E-state index is 0.169. The van der Waals surface area contributed by atoms with E-state index in [0.717, 1.165) is 0 Å². The van der Waals surface area contributed by atoms with Crippen LogP contribution in [0.2, 0.25) is 0 Å². The average Bonchev–Trinajstić information content (AvgIpc) is 2.13. The third-order valence-corrected chi connectivity index (χ3v) is 2.44. The Hall–Kier alpha value is -1.01. The highest BCUT2D eigenvalue weighted by molar-refractivity contribution is 9.10. The quantitative estimate of drug-likeness (QED) is 0.868. The number of carbonyl (C=O) groups excluding carboxylic acids is 1. The number of hydrogen-bond acceptors (Lipinski definition) is 2. The van der Waals surface area contributed by atoms with Crippen LogP contribution in [-0.2, 0) is 0 Å². The maximum atomic E-state index is 13.1. The molecule has 0 aliphatic heterocycles. The molecule has 1 rings (SSSR count).